The van der Waals surface area contributed by atoms with Crippen molar-refractivity contribution in [3.05, 3.63) is 47.9 Å². The van der Waals surface area contributed by atoms with E-state index in [4.69, 9.17) is 9.84 Å². The maximum atomic E-state index is 12.9. The molecule has 5 rings (SSSR count). The van der Waals surface area contributed by atoms with Crippen LogP contribution in [0.1, 0.15) is 66.7 Å². The van der Waals surface area contributed by atoms with Gasteiger partial charge in [-0.2, -0.15) is 5.10 Å². The second-order valence-corrected chi connectivity index (χ2v) is 8.56. The lowest BCUT2D eigenvalue weighted by Gasteiger charge is -2.25. The number of amides is 1. The highest BCUT2D eigenvalue weighted by Gasteiger charge is 2.35. The zero-order valence-corrected chi connectivity index (χ0v) is 17.5. The fourth-order valence-electron chi connectivity index (χ4n) is 4.41. The summed E-state index contributed by atoms with van der Waals surface area (Å²) in [4.78, 5) is 12.9. The molecule has 2 aliphatic rings. The van der Waals surface area contributed by atoms with Crippen molar-refractivity contribution in [2.75, 3.05) is 12.4 Å². The number of hydrogen-bond donors (Lipinski definition) is 3. The lowest BCUT2D eigenvalue weighted by Crippen LogP contribution is -2.43. The van der Waals surface area contributed by atoms with Crippen LogP contribution in [0.4, 0.5) is 5.69 Å². The van der Waals surface area contributed by atoms with Crippen molar-refractivity contribution in [2.45, 2.75) is 56.6 Å². The van der Waals surface area contributed by atoms with Crippen molar-refractivity contribution in [1.82, 2.24) is 9.78 Å². The van der Waals surface area contributed by atoms with E-state index in [9.17, 15) is 15.1 Å². The predicted molar refractivity (Wildman–Crippen MR) is 114 cm³/mol. The Morgan fingerprint density at radius 2 is 1.97 bits per heavy atom. The number of nitrogens with one attached hydrogen (secondary N) is 1. The van der Waals surface area contributed by atoms with E-state index in [1.54, 1.807) is 19.2 Å². The molecule has 0 atom stereocenters. The average Bonchev–Trinajstić information content (AvgIpc) is 3.53. The highest BCUT2D eigenvalue weighted by atomic mass is 16.5. The van der Waals surface area contributed by atoms with E-state index < -0.39 is 5.91 Å². The lowest BCUT2D eigenvalue weighted by molar-refractivity contribution is -0.910. The van der Waals surface area contributed by atoms with Crippen molar-refractivity contribution in [3.63, 3.8) is 0 Å². The van der Waals surface area contributed by atoms with E-state index in [2.05, 4.69) is 5.32 Å². The Hall–Kier alpha value is -3.13. The van der Waals surface area contributed by atoms with Gasteiger partial charge in [0.25, 0.3) is 0 Å². The Morgan fingerprint density at radius 1 is 1.19 bits per heavy atom. The van der Waals surface area contributed by atoms with Gasteiger partial charge in [0.15, 0.2) is 0 Å². The maximum Gasteiger partial charge on any atom is 0.325 e. The third-order valence-corrected chi connectivity index (χ3v) is 6.35. The first kappa shape index (κ1) is 19.8. The first-order valence-corrected chi connectivity index (χ1v) is 10.8. The highest BCUT2D eigenvalue weighted by Crippen LogP contribution is 2.38. The van der Waals surface area contributed by atoms with Gasteiger partial charge in [-0.15, -0.1) is 0 Å². The SMILES string of the molecule is COc1cc2nn(C3CCC(O)CC3)cc2cc1NC(=O)c1cccc(C2CC2)[n+]1O. The fourth-order valence-corrected chi connectivity index (χ4v) is 4.41. The number of rotatable bonds is 5. The molecule has 3 N–H and O–H groups in total. The summed E-state index contributed by atoms with van der Waals surface area (Å²) < 4.78 is 8.45. The Bertz CT molecular complexity index is 1130. The number of fused-ring (bicyclic) bond motifs is 1. The summed E-state index contributed by atoms with van der Waals surface area (Å²) in [5.41, 5.74) is 2.25. The summed E-state index contributed by atoms with van der Waals surface area (Å²) in [5.74, 6) is 0.416. The number of hydrogen-bond acceptors (Lipinski definition) is 5. The van der Waals surface area contributed by atoms with Crippen LogP contribution >= 0.6 is 0 Å². The van der Waals surface area contributed by atoms with Gasteiger partial charge in [0.1, 0.15) is 5.75 Å². The van der Waals surface area contributed by atoms with Gasteiger partial charge in [-0.25, -0.2) is 0 Å². The fraction of sp³-hybridized carbons (Fsp3) is 0.435. The Labute approximate surface area is 180 Å². The van der Waals surface area contributed by atoms with Crippen LogP contribution in [0.15, 0.2) is 36.5 Å². The molecule has 0 unspecified atom stereocenters. The van der Waals surface area contributed by atoms with E-state index in [0.717, 1.165) is 59.9 Å². The second kappa shape index (κ2) is 7.85. The van der Waals surface area contributed by atoms with Gasteiger partial charge in [-0.05, 0) is 50.7 Å². The number of carbonyl (C=O) groups is 1. The molecule has 162 valence electrons. The summed E-state index contributed by atoms with van der Waals surface area (Å²) >= 11 is 0. The largest absolute Gasteiger partial charge is 0.494 e. The second-order valence-electron chi connectivity index (χ2n) is 8.56. The number of nitrogens with zero attached hydrogens (tertiary/aromatic N) is 3. The molecule has 2 fully saturated rings. The number of benzene rings is 1. The molecule has 0 bridgehead atoms. The van der Waals surface area contributed by atoms with Gasteiger partial charge < -0.3 is 15.2 Å². The van der Waals surface area contributed by atoms with Crippen LogP contribution in [0.2, 0.25) is 0 Å². The molecule has 31 heavy (non-hydrogen) atoms. The number of aromatic nitrogens is 3. The molecule has 8 nitrogen and oxygen atoms in total. The normalized spacial score (nSPS) is 21.2. The summed E-state index contributed by atoms with van der Waals surface area (Å²) in [7, 11) is 1.55. The van der Waals surface area contributed by atoms with Crippen molar-refractivity contribution in [3.8, 4) is 5.75 Å². The first-order chi connectivity index (χ1) is 15.0. The van der Waals surface area contributed by atoms with Crippen LogP contribution < -0.4 is 14.8 Å². The minimum atomic E-state index is -0.406. The standard InChI is InChI=1S/C23H26N4O4/c1-31-22-12-18-15(13-26(25-18)16-7-9-17(28)10-8-16)11-19(22)24-23(29)21-4-2-3-20(27(21)30)14-5-6-14/h2-4,11-14,16-17,28H,5-10H2,1H3,(H-,24,29,30)/p+1. The maximum absolute atomic E-state index is 12.9. The molecule has 2 aliphatic carbocycles. The minimum absolute atomic E-state index is 0.183. The molecule has 0 aliphatic heterocycles. The molecular weight excluding hydrogens is 396 g/mol. The number of carbonyl (C=O) groups excluding carboxylic acids is 1. The monoisotopic (exact) mass is 423 g/mol. The van der Waals surface area contributed by atoms with Crippen molar-refractivity contribution in [2.24, 2.45) is 0 Å². The molecule has 0 radical (unpaired) electrons. The predicted octanol–water partition coefficient (Wildman–Crippen LogP) is 3.18. The molecule has 8 heteroatoms. The highest BCUT2D eigenvalue weighted by molar-refractivity contribution is 6.04. The minimum Gasteiger partial charge on any atom is -0.494 e. The van der Waals surface area contributed by atoms with Crippen molar-refractivity contribution in [1.29, 1.82) is 0 Å². The van der Waals surface area contributed by atoms with Gasteiger partial charge in [0, 0.05) is 40.4 Å². The van der Waals surface area contributed by atoms with Gasteiger partial charge in [-0.3, -0.25) is 14.7 Å². The topological polar surface area (TPSA) is 100 Å². The van der Waals surface area contributed by atoms with Crippen molar-refractivity contribution < 1.29 is 24.6 Å². The summed E-state index contributed by atoms with van der Waals surface area (Å²) in [6.07, 6.45) is 7.18. The third-order valence-electron chi connectivity index (χ3n) is 6.35. The lowest BCUT2D eigenvalue weighted by atomic mass is 9.93. The molecule has 0 saturated heterocycles. The first-order valence-electron chi connectivity index (χ1n) is 10.8. The molecular formula is C23H27N4O4+. The summed E-state index contributed by atoms with van der Waals surface area (Å²) in [6, 6.07) is 9.16. The number of aliphatic hydroxyl groups is 1. The number of ether oxygens (including phenoxy) is 1. The average molecular weight is 423 g/mol. The molecule has 2 aromatic heterocycles. The Morgan fingerprint density at radius 3 is 2.68 bits per heavy atom. The van der Waals surface area contributed by atoms with Crippen LogP contribution in [0, 0.1) is 0 Å². The van der Waals surface area contributed by atoms with Crippen LogP contribution in [-0.2, 0) is 0 Å². The van der Waals surface area contributed by atoms with Gasteiger partial charge >= 0.3 is 11.6 Å². The summed E-state index contributed by atoms with van der Waals surface area (Å²) in [6.45, 7) is 0. The van der Waals surface area contributed by atoms with Gasteiger partial charge in [0.05, 0.1) is 30.5 Å². The molecule has 2 saturated carbocycles. The molecule has 2 heterocycles. The number of anilines is 1. The Balaban J connectivity index is 1.42. The smallest absolute Gasteiger partial charge is 0.325 e. The molecule has 0 spiro atoms. The van der Waals surface area contributed by atoms with E-state index in [-0.39, 0.29) is 17.8 Å². The quantitative estimate of drug-likeness (QED) is 0.432. The Kier molecular flexibility index (Phi) is 5.02. The zero-order chi connectivity index (χ0) is 21.5. The van der Waals surface area contributed by atoms with Crippen LogP contribution in [0.25, 0.3) is 10.9 Å². The van der Waals surface area contributed by atoms with Gasteiger partial charge in [0.2, 0.25) is 5.69 Å². The molecule has 1 amide bonds. The third kappa shape index (κ3) is 3.83. The number of aliphatic hydroxyl groups excluding tert-OH is 1. The van der Waals surface area contributed by atoms with Gasteiger partial charge in [-0.1, -0.05) is 0 Å². The number of methoxy groups -OCH3 is 1. The van der Waals surface area contributed by atoms with Crippen LogP contribution in [0.3, 0.4) is 0 Å². The van der Waals surface area contributed by atoms with Crippen LogP contribution in [-0.4, -0.2) is 39.2 Å². The summed E-state index contributed by atoms with van der Waals surface area (Å²) in [5, 5.41) is 28.7. The van der Waals surface area contributed by atoms with Crippen molar-refractivity contribution >= 4 is 22.5 Å². The molecule has 1 aromatic carbocycles. The number of pyridine rings is 1. The van der Waals surface area contributed by atoms with Crippen LogP contribution in [0.5, 0.6) is 5.75 Å². The van der Waals surface area contributed by atoms with E-state index >= 15 is 0 Å². The zero-order valence-electron chi connectivity index (χ0n) is 17.5. The van der Waals surface area contributed by atoms with E-state index in [1.807, 2.05) is 29.1 Å². The molecule has 3 aromatic rings. The van der Waals surface area contributed by atoms with E-state index in [0.29, 0.717) is 17.4 Å². The van der Waals surface area contributed by atoms with E-state index in [1.165, 1.54) is 0 Å².